The summed E-state index contributed by atoms with van der Waals surface area (Å²) in [5, 5.41) is 3.06. The summed E-state index contributed by atoms with van der Waals surface area (Å²) < 4.78 is 17.2. The lowest BCUT2D eigenvalue weighted by molar-refractivity contribution is 0.0940. The molecule has 1 atom stereocenters. The van der Waals surface area contributed by atoms with Gasteiger partial charge in [0.1, 0.15) is 0 Å². The highest BCUT2D eigenvalue weighted by molar-refractivity contribution is 5.95. The van der Waals surface area contributed by atoms with Gasteiger partial charge >= 0.3 is 0 Å². The van der Waals surface area contributed by atoms with Gasteiger partial charge in [0.15, 0.2) is 11.5 Å². The Morgan fingerprint density at radius 1 is 0.875 bits per heavy atom. The second-order valence-corrected chi connectivity index (χ2v) is 7.78. The molecule has 1 amide bonds. The zero-order valence-corrected chi connectivity index (χ0v) is 20.4. The van der Waals surface area contributed by atoms with E-state index in [0.717, 1.165) is 11.3 Å². The zero-order chi connectivity index (χ0) is 23.7. The van der Waals surface area contributed by atoms with Crippen molar-refractivity contribution >= 4 is 11.6 Å². The van der Waals surface area contributed by atoms with Gasteiger partial charge in [-0.2, -0.15) is 0 Å². The maximum absolute atomic E-state index is 13.0. The van der Waals surface area contributed by atoms with Crippen molar-refractivity contribution < 1.29 is 19.0 Å². The van der Waals surface area contributed by atoms with Crippen LogP contribution in [0.15, 0.2) is 36.4 Å². The number of amides is 1. The Hall–Kier alpha value is -2.93. The first-order valence-corrected chi connectivity index (χ1v) is 11.1. The molecule has 0 heterocycles. The smallest absolute Gasteiger partial charge is 0.251 e. The summed E-state index contributed by atoms with van der Waals surface area (Å²) in [7, 11) is 8.05. The van der Waals surface area contributed by atoms with Crippen LogP contribution < -0.4 is 24.4 Å². The van der Waals surface area contributed by atoms with Crippen molar-refractivity contribution in [3.05, 3.63) is 47.5 Å². The van der Waals surface area contributed by atoms with E-state index in [2.05, 4.69) is 39.4 Å². The zero-order valence-electron chi connectivity index (χ0n) is 20.4. The Labute approximate surface area is 192 Å². The Bertz CT molecular complexity index is 839. The minimum Gasteiger partial charge on any atom is -0.490 e. The maximum atomic E-state index is 13.0. The second-order valence-electron chi connectivity index (χ2n) is 7.78. The van der Waals surface area contributed by atoms with Gasteiger partial charge in [0.25, 0.3) is 5.91 Å². The van der Waals surface area contributed by atoms with Gasteiger partial charge in [0.2, 0.25) is 5.75 Å². The van der Waals surface area contributed by atoms with Crippen molar-refractivity contribution in [1.82, 2.24) is 10.2 Å². The molecule has 7 heteroatoms. The summed E-state index contributed by atoms with van der Waals surface area (Å²) in [4.78, 5) is 17.2. The largest absolute Gasteiger partial charge is 0.490 e. The Morgan fingerprint density at radius 2 is 1.41 bits per heavy atom. The molecular formula is C25H37N3O4. The molecule has 0 fully saturated rings. The molecule has 2 rings (SSSR count). The Morgan fingerprint density at radius 3 is 1.84 bits per heavy atom. The van der Waals surface area contributed by atoms with Crippen LogP contribution in [0, 0.1) is 0 Å². The van der Waals surface area contributed by atoms with E-state index < -0.39 is 0 Å². The fourth-order valence-corrected chi connectivity index (χ4v) is 3.40. The van der Waals surface area contributed by atoms with Crippen LogP contribution in [-0.2, 0) is 0 Å². The standard InChI is InChI=1S/C25H37N3O4/c1-8-30-22-15-19(16-23(31-9-2)24(22)32-10-3)25(29)26-17-21(28(6)7)18-11-13-20(14-12-18)27(4)5/h11-16,21H,8-10,17H2,1-7H3,(H,26,29)/t21-/m1/s1. The highest BCUT2D eigenvalue weighted by atomic mass is 16.5. The lowest BCUT2D eigenvalue weighted by Crippen LogP contribution is -2.34. The average molecular weight is 444 g/mol. The molecule has 2 aromatic rings. The van der Waals surface area contributed by atoms with Crippen molar-refractivity contribution in [3.8, 4) is 17.2 Å². The van der Waals surface area contributed by atoms with Crippen molar-refractivity contribution in [2.24, 2.45) is 0 Å². The van der Waals surface area contributed by atoms with Gasteiger partial charge in [-0.1, -0.05) is 12.1 Å². The molecule has 7 nitrogen and oxygen atoms in total. The number of carbonyl (C=O) groups is 1. The normalized spacial score (nSPS) is 11.8. The minimum absolute atomic E-state index is 0.0376. The maximum Gasteiger partial charge on any atom is 0.251 e. The Balaban J connectivity index is 2.23. The number of anilines is 1. The van der Waals surface area contributed by atoms with E-state index in [9.17, 15) is 4.79 Å². The van der Waals surface area contributed by atoms with Gasteiger partial charge in [-0.25, -0.2) is 0 Å². The molecule has 2 aromatic carbocycles. The van der Waals surface area contributed by atoms with E-state index in [0.29, 0.717) is 49.2 Å². The highest BCUT2D eigenvalue weighted by Gasteiger charge is 2.20. The molecule has 176 valence electrons. The summed E-state index contributed by atoms with van der Waals surface area (Å²) in [6.45, 7) is 7.55. The summed E-state index contributed by atoms with van der Waals surface area (Å²) in [6, 6.07) is 11.8. The molecule has 0 aliphatic rings. The van der Waals surface area contributed by atoms with Crippen LogP contribution >= 0.6 is 0 Å². The molecular weight excluding hydrogens is 406 g/mol. The second kappa shape index (κ2) is 12.2. The van der Waals surface area contributed by atoms with Crippen molar-refractivity contribution in [2.75, 3.05) is 59.5 Å². The average Bonchev–Trinajstić information content (AvgIpc) is 2.76. The number of nitrogens with zero attached hydrogens (tertiary/aromatic N) is 2. The first-order chi connectivity index (χ1) is 15.3. The summed E-state index contributed by atoms with van der Waals surface area (Å²) in [5.74, 6) is 1.36. The number of rotatable bonds is 12. The summed E-state index contributed by atoms with van der Waals surface area (Å²) in [5.41, 5.74) is 2.75. The molecule has 0 aromatic heterocycles. The lowest BCUT2D eigenvalue weighted by Gasteiger charge is -2.26. The summed E-state index contributed by atoms with van der Waals surface area (Å²) in [6.07, 6.45) is 0. The van der Waals surface area contributed by atoms with Gasteiger partial charge < -0.3 is 29.3 Å². The van der Waals surface area contributed by atoms with Crippen LogP contribution in [0.4, 0.5) is 5.69 Å². The first kappa shape index (κ1) is 25.3. The molecule has 0 spiro atoms. The van der Waals surface area contributed by atoms with Crippen LogP contribution in [-0.4, -0.2) is 65.4 Å². The van der Waals surface area contributed by atoms with E-state index in [1.807, 2.05) is 49.0 Å². The number of likely N-dealkylation sites (N-methyl/N-ethyl adjacent to an activating group) is 1. The molecule has 0 aliphatic heterocycles. The van der Waals surface area contributed by atoms with Crippen molar-refractivity contribution in [3.63, 3.8) is 0 Å². The van der Waals surface area contributed by atoms with Gasteiger partial charge in [-0.05, 0) is 64.7 Å². The SMILES string of the molecule is CCOc1cc(C(=O)NC[C@H](c2ccc(N(C)C)cc2)N(C)C)cc(OCC)c1OCC. The minimum atomic E-state index is -0.188. The van der Waals surface area contributed by atoms with Crippen LogP contribution in [0.3, 0.4) is 0 Å². The molecule has 0 bridgehead atoms. The molecule has 0 radical (unpaired) electrons. The van der Waals surface area contributed by atoms with Crippen LogP contribution in [0.1, 0.15) is 42.7 Å². The number of nitrogens with one attached hydrogen (secondary N) is 1. The third-order valence-corrected chi connectivity index (χ3v) is 5.04. The van der Waals surface area contributed by atoms with Crippen molar-refractivity contribution in [1.29, 1.82) is 0 Å². The predicted octanol–water partition coefficient (Wildman–Crippen LogP) is 3.98. The molecule has 0 saturated heterocycles. The molecule has 32 heavy (non-hydrogen) atoms. The first-order valence-electron chi connectivity index (χ1n) is 11.1. The number of hydrogen-bond acceptors (Lipinski definition) is 6. The highest BCUT2D eigenvalue weighted by Crippen LogP contribution is 2.39. The monoisotopic (exact) mass is 443 g/mol. The lowest BCUT2D eigenvalue weighted by atomic mass is 10.0. The molecule has 0 saturated carbocycles. The molecule has 0 unspecified atom stereocenters. The topological polar surface area (TPSA) is 63.3 Å². The van der Waals surface area contributed by atoms with Gasteiger partial charge in [0, 0.05) is 31.9 Å². The third-order valence-electron chi connectivity index (χ3n) is 5.04. The molecule has 0 aliphatic carbocycles. The van der Waals surface area contributed by atoms with Crippen LogP contribution in [0.5, 0.6) is 17.2 Å². The Kier molecular flexibility index (Phi) is 9.65. The number of hydrogen-bond donors (Lipinski definition) is 1. The van der Waals surface area contributed by atoms with E-state index in [-0.39, 0.29) is 11.9 Å². The van der Waals surface area contributed by atoms with Crippen molar-refractivity contribution in [2.45, 2.75) is 26.8 Å². The van der Waals surface area contributed by atoms with Gasteiger partial charge in [-0.15, -0.1) is 0 Å². The number of carbonyl (C=O) groups excluding carboxylic acids is 1. The fourth-order valence-electron chi connectivity index (χ4n) is 3.40. The van der Waals surface area contributed by atoms with Gasteiger partial charge in [0.05, 0.1) is 25.9 Å². The number of benzene rings is 2. The molecule has 1 N–H and O–H groups in total. The quantitative estimate of drug-likeness (QED) is 0.535. The fraction of sp³-hybridized carbons (Fsp3) is 0.480. The van der Waals surface area contributed by atoms with E-state index in [1.54, 1.807) is 12.1 Å². The van der Waals surface area contributed by atoms with E-state index in [1.165, 1.54) is 0 Å². The van der Waals surface area contributed by atoms with Crippen LogP contribution in [0.25, 0.3) is 0 Å². The predicted molar refractivity (Wildman–Crippen MR) is 129 cm³/mol. The van der Waals surface area contributed by atoms with Gasteiger partial charge in [-0.3, -0.25) is 4.79 Å². The van der Waals surface area contributed by atoms with E-state index >= 15 is 0 Å². The third kappa shape index (κ3) is 6.53. The van der Waals surface area contributed by atoms with E-state index in [4.69, 9.17) is 14.2 Å². The number of ether oxygens (including phenoxy) is 3. The van der Waals surface area contributed by atoms with Crippen LogP contribution in [0.2, 0.25) is 0 Å². The summed E-state index contributed by atoms with van der Waals surface area (Å²) >= 11 is 0.